The first-order valence-electron chi connectivity index (χ1n) is 7.57. The molecular formula is C17H26N4. The van der Waals surface area contributed by atoms with Crippen molar-refractivity contribution in [1.82, 2.24) is 19.9 Å². The highest BCUT2D eigenvalue weighted by Crippen LogP contribution is 2.23. The molecule has 0 atom stereocenters. The van der Waals surface area contributed by atoms with Gasteiger partial charge in [-0.25, -0.2) is 9.97 Å². The van der Waals surface area contributed by atoms with Gasteiger partial charge in [0, 0.05) is 30.0 Å². The van der Waals surface area contributed by atoms with Gasteiger partial charge in [-0.15, -0.1) is 0 Å². The molecule has 0 amide bonds. The van der Waals surface area contributed by atoms with Gasteiger partial charge in [0.05, 0.1) is 0 Å². The Bertz CT molecular complexity index is 565. The molecule has 0 aromatic carbocycles. The Morgan fingerprint density at radius 1 is 1.24 bits per heavy atom. The first kappa shape index (κ1) is 15.7. The van der Waals surface area contributed by atoms with Gasteiger partial charge < -0.3 is 5.32 Å². The fraction of sp³-hybridized carbons (Fsp3) is 0.529. The highest BCUT2D eigenvalue weighted by molar-refractivity contribution is 5.33. The van der Waals surface area contributed by atoms with E-state index >= 15 is 0 Å². The van der Waals surface area contributed by atoms with Crippen molar-refractivity contribution in [2.24, 2.45) is 5.92 Å². The average molecular weight is 286 g/mol. The zero-order valence-electron chi connectivity index (χ0n) is 13.7. The topological polar surface area (TPSA) is 42.7 Å². The fourth-order valence-electron chi connectivity index (χ4n) is 2.09. The Hall–Kier alpha value is -1.68. The maximum atomic E-state index is 4.79. The van der Waals surface area contributed by atoms with Crippen molar-refractivity contribution in [2.75, 3.05) is 6.54 Å². The number of hydrogen-bond acceptors (Lipinski definition) is 3. The lowest BCUT2D eigenvalue weighted by Gasteiger charge is -2.20. The molecule has 0 aliphatic carbocycles. The summed E-state index contributed by atoms with van der Waals surface area (Å²) in [7, 11) is 0. The van der Waals surface area contributed by atoms with Crippen molar-refractivity contribution < 1.29 is 0 Å². The van der Waals surface area contributed by atoms with Crippen LogP contribution in [0.3, 0.4) is 0 Å². The number of rotatable bonds is 5. The lowest BCUT2D eigenvalue weighted by atomic mass is 9.90. The van der Waals surface area contributed by atoms with E-state index in [2.05, 4.69) is 57.1 Å². The van der Waals surface area contributed by atoms with Gasteiger partial charge in [-0.3, -0.25) is 4.57 Å². The molecule has 2 aromatic rings. The maximum Gasteiger partial charge on any atom is 0.138 e. The quantitative estimate of drug-likeness (QED) is 0.917. The molecule has 0 unspecified atom stereocenters. The van der Waals surface area contributed by atoms with Crippen LogP contribution in [0.4, 0.5) is 0 Å². The first-order valence-corrected chi connectivity index (χ1v) is 7.57. The Morgan fingerprint density at radius 2 is 2.00 bits per heavy atom. The molecule has 0 spiro atoms. The summed E-state index contributed by atoms with van der Waals surface area (Å²) in [6.07, 6.45) is 5.50. The number of nitrogens with zero attached hydrogens (tertiary/aromatic N) is 3. The summed E-state index contributed by atoms with van der Waals surface area (Å²) >= 11 is 0. The van der Waals surface area contributed by atoms with Crippen LogP contribution in [-0.2, 0) is 12.0 Å². The SMILES string of the molecule is CC(C)CNCc1cc(-n2ccnc2)nc(C(C)(C)C)c1. The number of imidazole rings is 1. The Labute approximate surface area is 127 Å². The van der Waals surface area contributed by atoms with Crippen LogP contribution in [0, 0.1) is 5.92 Å². The predicted molar refractivity (Wildman–Crippen MR) is 86.6 cm³/mol. The van der Waals surface area contributed by atoms with E-state index in [1.165, 1.54) is 5.56 Å². The van der Waals surface area contributed by atoms with Gasteiger partial charge in [-0.2, -0.15) is 0 Å². The molecule has 1 N–H and O–H groups in total. The van der Waals surface area contributed by atoms with Crippen LogP contribution in [0.25, 0.3) is 5.82 Å². The largest absolute Gasteiger partial charge is 0.312 e. The van der Waals surface area contributed by atoms with Crippen LogP contribution in [0.15, 0.2) is 30.9 Å². The maximum absolute atomic E-state index is 4.79. The minimum Gasteiger partial charge on any atom is -0.312 e. The second-order valence-corrected chi connectivity index (χ2v) is 6.96. The van der Waals surface area contributed by atoms with Crippen molar-refractivity contribution >= 4 is 0 Å². The van der Waals surface area contributed by atoms with Gasteiger partial charge in [0.15, 0.2) is 0 Å². The third-order valence-electron chi connectivity index (χ3n) is 3.29. The summed E-state index contributed by atoms with van der Waals surface area (Å²) in [6, 6.07) is 4.33. The van der Waals surface area contributed by atoms with Crippen molar-refractivity contribution in [2.45, 2.75) is 46.6 Å². The molecule has 0 aliphatic rings. The molecule has 0 radical (unpaired) electrons. The van der Waals surface area contributed by atoms with Crippen LogP contribution >= 0.6 is 0 Å². The van der Waals surface area contributed by atoms with E-state index in [-0.39, 0.29) is 5.41 Å². The molecule has 2 heterocycles. The molecule has 0 aliphatic heterocycles. The van der Waals surface area contributed by atoms with Crippen LogP contribution in [-0.4, -0.2) is 21.1 Å². The van der Waals surface area contributed by atoms with E-state index < -0.39 is 0 Å². The Kier molecular flexibility index (Phi) is 4.78. The minimum absolute atomic E-state index is 0.0311. The second-order valence-electron chi connectivity index (χ2n) is 6.96. The van der Waals surface area contributed by atoms with Crippen molar-refractivity contribution in [3.8, 4) is 5.82 Å². The summed E-state index contributed by atoms with van der Waals surface area (Å²) < 4.78 is 1.96. The number of aromatic nitrogens is 3. The molecule has 0 saturated heterocycles. The number of nitrogens with one attached hydrogen (secondary N) is 1. The third-order valence-corrected chi connectivity index (χ3v) is 3.29. The van der Waals surface area contributed by atoms with E-state index in [0.29, 0.717) is 5.92 Å². The normalized spacial score (nSPS) is 12.1. The van der Waals surface area contributed by atoms with Crippen LogP contribution in [0.1, 0.15) is 45.9 Å². The van der Waals surface area contributed by atoms with Gasteiger partial charge in [-0.05, 0) is 30.2 Å². The molecular weight excluding hydrogens is 260 g/mol. The summed E-state index contributed by atoms with van der Waals surface area (Å²) in [5.41, 5.74) is 2.40. The van der Waals surface area contributed by atoms with Gasteiger partial charge in [0.2, 0.25) is 0 Å². The second kappa shape index (κ2) is 6.39. The number of pyridine rings is 1. The predicted octanol–water partition coefficient (Wildman–Crippen LogP) is 3.31. The highest BCUT2D eigenvalue weighted by atomic mass is 15.1. The molecule has 2 rings (SSSR count). The first-order chi connectivity index (χ1) is 9.86. The highest BCUT2D eigenvalue weighted by Gasteiger charge is 2.17. The third kappa shape index (κ3) is 4.39. The van der Waals surface area contributed by atoms with Crippen molar-refractivity contribution in [3.63, 3.8) is 0 Å². The van der Waals surface area contributed by atoms with Gasteiger partial charge in [-0.1, -0.05) is 34.6 Å². The lowest BCUT2D eigenvalue weighted by Crippen LogP contribution is -2.21. The van der Waals surface area contributed by atoms with Crippen LogP contribution < -0.4 is 5.32 Å². The smallest absolute Gasteiger partial charge is 0.138 e. The molecule has 4 heteroatoms. The van der Waals surface area contributed by atoms with Crippen molar-refractivity contribution in [1.29, 1.82) is 0 Å². The van der Waals surface area contributed by atoms with Crippen molar-refractivity contribution in [3.05, 3.63) is 42.1 Å². The molecule has 0 saturated carbocycles. The molecule has 2 aromatic heterocycles. The van der Waals surface area contributed by atoms with E-state index in [4.69, 9.17) is 4.98 Å². The van der Waals surface area contributed by atoms with Gasteiger partial charge in [0.25, 0.3) is 0 Å². The van der Waals surface area contributed by atoms with E-state index in [9.17, 15) is 0 Å². The minimum atomic E-state index is 0.0311. The summed E-state index contributed by atoms with van der Waals surface area (Å²) in [6.45, 7) is 12.9. The monoisotopic (exact) mass is 286 g/mol. The Morgan fingerprint density at radius 3 is 2.57 bits per heavy atom. The lowest BCUT2D eigenvalue weighted by molar-refractivity contribution is 0.545. The zero-order chi connectivity index (χ0) is 15.5. The van der Waals surface area contributed by atoms with Gasteiger partial charge in [0.1, 0.15) is 12.1 Å². The standard InChI is InChI=1S/C17H26N4/c1-13(2)10-19-11-14-8-15(17(3,4)5)20-16(9-14)21-7-6-18-12-21/h6-9,12-13,19H,10-11H2,1-5H3. The Balaban J connectivity index is 2.29. The van der Waals surface area contributed by atoms with Crippen LogP contribution in [0.5, 0.6) is 0 Å². The summed E-state index contributed by atoms with van der Waals surface area (Å²) in [4.78, 5) is 8.90. The molecule has 0 fully saturated rings. The van der Waals surface area contributed by atoms with E-state index in [1.807, 2.05) is 10.8 Å². The van der Waals surface area contributed by atoms with E-state index in [1.54, 1.807) is 12.5 Å². The van der Waals surface area contributed by atoms with Crippen LogP contribution in [0.2, 0.25) is 0 Å². The molecule has 114 valence electrons. The molecule has 0 bridgehead atoms. The van der Waals surface area contributed by atoms with E-state index in [0.717, 1.165) is 24.6 Å². The molecule has 21 heavy (non-hydrogen) atoms. The van der Waals surface area contributed by atoms with Gasteiger partial charge >= 0.3 is 0 Å². The zero-order valence-corrected chi connectivity index (χ0v) is 13.7. The number of hydrogen-bond donors (Lipinski definition) is 1. The fourth-order valence-corrected chi connectivity index (χ4v) is 2.09. The average Bonchev–Trinajstić information content (AvgIpc) is 2.90. The molecule has 4 nitrogen and oxygen atoms in total. The summed E-state index contributed by atoms with van der Waals surface area (Å²) in [5.74, 6) is 1.59. The summed E-state index contributed by atoms with van der Waals surface area (Å²) in [5, 5.41) is 3.50.